The first kappa shape index (κ1) is 20.3. The van der Waals surface area contributed by atoms with Crippen LogP contribution in [0.2, 0.25) is 10.0 Å². The summed E-state index contributed by atoms with van der Waals surface area (Å²) in [6.07, 6.45) is 0.707. The molecule has 0 aromatic heterocycles. The zero-order chi connectivity index (χ0) is 20.3. The maximum Gasteiger partial charge on any atom is 0.253 e. The van der Waals surface area contributed by atoms with E-state index in [0.29, 0.717) is 36.0 Å². The maximum atomic E-state index is 12.6. The lowest BCUT2D eigenvalue weighted by atomic mass is 9.98. The quantitative estimate of drug-likeness (QED) is 0.802. The number of hydrogen-bond donors (Lipinski definition) is 1. The van der Waals surface area contributed by atoms with Gasteiger partial charge in [-0.1, -0.05) is 23.2 Å². The summed E-state index contributed by atoms with van der Waals surface area (Å²) in [5, 5.41) is 3.30. The number of fused-ring (bicyclic) bond motifs is 1. The number of benzene rings is 2. The van der Waals surface area contributed by atoms with Crippen molar-refractivity contribution in [3.05, 3.63) is 57.1 Å². The molecule has 2 amide bonds. The first-order chi connectivity index (χ1) is 13.4. The Balaban J connectivity index is 1.64. The maximum absolute atomic E-state index is 12.6. The summed E-state index contributed by atoms with van der Waals surface area (Å²) in [5.74, 6) is 0.715. The number of hydrogen-bond acceptors (Lipinski definition) is 4. The Morgan fingerprint density at radius 1 is 1.07 bits per heavy atom. The van der Waals surface area contributed by atoms with Gasteiger partial charge in [-0.05, 0) is 47.9 Å². The highest BCUT2D eigenvalue weighted by Gasteiger charge is 2.23. The van der Waals surface area contributed by atoms with Gasteiger partial charge in [-0.25, -0.2) is 0 Å². The third kappa shape index (κ3) is 4.34. The highest BCUT2D eigenvalue weighted by Crippen LogP contribution is 2.33. The van der Waals surface area contributed by atoms with E-state index in [1.54, 1.807) is 25.2 Å². The molecule has 2 aromatic rings. The lowest BCUT2D eigenvalue weighted by Crippen LogP contribution is -2.42. The molecular weight excluding hydrogens is 403 g/mol. The van der Waals surface area contributed by atoms with Gasteiger partial charge in [-0.15, -0.1) is 0 Å². The van der Waals surface area contributed by atoms with Crippen molar-refractivity contribution in [2.24, 2.45) is 0 Å². The minimum Gasteiger partial charge on any atom is -0.493 e. The molecule has 0 spiro atoms. The lowest BCUT2D eigenvalue weighted by Gasteiger charge is -2.29. The van der Waals surface area contributed by atoms with Crippen molar-refractivity contribution in [1.82, 2.24) is 10.2 Å². The summed E-state index contributed by atoms with van der Waals surface area (Å²) in [7, 11) is 3.17. The number of methoxy groups -OCH3 is 2. The Labute approximate surface area is 173 Å². The molecule has 148 valence electrons. The van der Waals surface area contributed by atoms with Crippen LogP contribution in [0.3, 0.4) is 0 Å². The number of carbonyl (C=O) groups excluding carboxylic acids is 2. The molecule has 1 N–H and O–H groups in total. The number of amides is 2. The second-order valence-corrected chi connectivity index (χ2v) is 7.19. The van der Waals surface area contributed by atoms with Gasteiger partial charge in [-0.3, -0.25) is 9.59 Å². The molecule has 0 unspecified atom stereocenters. The van der Waals surface area contributed by atoms with Crippen LogP contribution in [0.4, 0.5) is 0 Å². The standard InChI is InChI=1S/C20H20Cl2N2O4/c1-27-17-7-12-5-6-24(11-13(12)8-18(17)28-2)19(25)10-23-20(26)15-4-3-14(21)9-16(15)22/h3-4,7-9H,5-6,10-11H2,1-2H3,(H,23,26). The lowest BCUT2D eigenvalue weighted by molar-refractivity contribution is -0.131. The molecule has 6 nitrogen and oxygen atoms in total. The molecule has 0 atom stereocenters. The first-order valence-corrected chi connectivity index (χ1v) is 9.43. The molecule has 1 aliphatic rings. The molecule has 1 heterocycles. The summed E-state index contributed by atoms with van der Waals surface area (Å²) >= 11 is 11.9. The van der Waals surface area contributed by atoms with Crippen molar-refractivity contribution < 1.29 is 19.1 Å². The number of carbonyl (C=O) groups is 2. The topological polar surface area (TPSA) is 67.9 Å². The summed E-state index contributed by atoms with van der Waals surface area (Å²) in [6, 6.07) is 8.43. The molecular formula is C20H20Cl2N2O4. The van der Waals surface area contributed by atoms with Crippen LogP contribution in [0, 0.1) is 0 Å². The van der Waals surface area contributed by atoms with Crippen molar-refractivity contribution >= 4 is 35.0 Å². The van der Waals surface area contributed by atoms with Crippen molar-refractivity contribution in [2.75, 3.05) is 27.3 Å². The average Bonchev–Trinajstić information content (AvgIpc) is 2.70. The molecule has 0 saturated heterocycles. The second kappa shape index (κ2) is 8.71. The monoisotopic (exact) mass is 422 g/mol. The van der Waals surface area contributed by atoms with Crippen LogP contribution in [0.15, 0.2) is 30.3 Å². The molecule has 2 aromatic carbocycles. The number of rotatable bonds is 5. The Bertz CT molecular complexity index is 917. The van der Waals surface area contributed by atoms with E-state index in [9.17, 15) is 9.59 Å². The van der Waals surface area contributed by atoms with Gasteiger partial charge in [0, 0.05) is 18.1 Å². The van der Waals surface area contributed by atoms with E-state index in [2.05, 4.69) is 5.32 Å². The Morgan fingerprint density at radius 3 is 2.39 bits per heavy atom. The summed E-state index contributed by atoms with van der Waals surface area (Å²) < 4.78 is 10.7. The normalized spacial score (nSPS) is 12.9. The fourth-order valence-corrected chi connectivity index (χ4v) is 3.63. The van der Waals surface area contributed by atoms with Gasteiger partial charge in [0.1, 0.15) is 0 Å². The molecule has 0 bridgehead atoms. The fraction of sp³-hybridized carbons (Fsp3) is 0.300. The van der Waals surface area contributed by atoms with Crippen molar-refractivity contribution in [3.8, 4) is 11.5 Å². The van der Waals surface area contributed by atoms with Crippen molar-refractivity contribution in [3.63, 3.8) is 0 Å². The van der Waals surface area contributed by atoms with Gasteiger partial charge in [0.05, 0.1) is 31.4 Å². The molecule has 1 aliphatic heterocycles. The van der Waals surface area contributed by atoms with Crippen LogP contribution in [-0.4, -0.2) is 44.0 Å². The van der Waals surface area contributed by atoms with E-state index in [1.807, 2.05) is 12.1 Å². The van der Waals surface area contributed by atoms with Gasteiger partial charge in [-0.2, -0.15) is 0 Å². The highest BCUT2D eigenvalue weighted by molar-refractivity contribution is 6.36. The molecule has 0 saturated carbocycles. The van der Waals surface area contributed by atoms with Crippen LogP contribution >= 0.6 is 23.2 Å². The summed E-state index contributed by atoms with van der Waals surface area (Å²) in [6.45, 7) is 0.908. The zero-order valence-corrected chi connectivity index (χ0v) is 17.1. The zero-order valence-electron chi connectivity index (χ0n) is 15.6. The number of halogens is 2. The molecule has 0 aliphatic carbocycles. The molecule has 0 radical (unpaired) electrons. The van der Waals surface area contributed by atoms with Gasteiger partial charge in [0.25, 0.3) is 5.91 Å². The first-order valence-electron chi connectivity index (χ1n) is 8.67. The second-order valence-electron chi connectivity index (χ2n) is 6.35. The van der Waals surface area contributed by atoms with Crippen LogP contribution in [-0.2, 0) is 17.8 Å². The van der Waals surface area contributed by atoms with Crippen LogP contribution in [0.5, 0.6) is 11.5 Å². The minimum absolute atomic E-state index is 0.111. The third-order valence-corrected chi connectivity index (χ3v) is 5.19. The van der Waals surface area contributed by atoms with E-state index in [-0.39, 0.29) is 23.0 Å². The third-order valence-electron chi connectivity index (χ3n) is 4.65. The average molecular weight is 423 g/mol. The number of nitrogens with one attached hydrogen (secondary N) is 1. The highest BCUT2D eigenvalue weighted by atomic mass is 35.5. The predicted molar refractivity (Wildman–Crippen MR) is 107 cm³/mol. The Morgan fingerprint density at radius 2 is 1.75 bits per heavy atom. The van der Waals surface area contributed by atoms with Crippen LogP contribution in [0.1, 0.15) is 21.5 Å². The largest absolute Gasteiger partial charge is 0.493 e. The van der Waals surface area contributed by atoms with E-state index in [1.165, 1.54) is 12.1 Å². The molecule has 8 heteroatoms. The van der Waals surface area contributed by atoms with E-state index < -0.39 is 5.91 Å². The van der Waals surface area contributed by atoms with E-state index in [4.69, 9.17) is 32.7 Å². The number of nitrogens with zero attached hydrogens (tertiary/aromatic N) is 1. The summed E-state index contributed by atoms with van der Waals surface area (Å²) in [4.78, 5) is 26.5. The van der Waals surface area contributed by atoms with Crippen LogP contribution < -0.4 is 14.8 Å². The van der Waals surface area contributed by atoms with Crippen molar-refractivity contribution in [1.29, 1.82) is 0 Å². The van der Waals surface area contributed by atoms with Gasteiger partial charge < -0.3 is 19.7 Å². The molecule has 28 heavy (non-hydrogen) atoms. The SMILES string of the molecule is COc1cc2c(cc1OC)CN(C(=O)CNC(=O)c1ccc(Cl)cc1Cl)CC2. The van der Waals surface area contributed by atoms with Crippen LogP contribution in [0.25, 0.3) is 0 Å². The van der Waals surface area contributed by atoms with Gasteiger partial charge in [0.2, 0.25) is 5.91 Å². The smallest absolute Gasteiger partial charge is 0.253 e. The predicted octanol–water partition coefficient (Wildman–Crippen LogP) is 3.33. The Kier molecular flexibility index (Phi) is 6.31. The van der Waals surface area contributed by atoms with Gasteiger partial charge in [0.15, 0.2) is 11.5 Å². The van der Waals surface area contributed by atoms with E-state index in [0.717, 1.165) is 11.1 Å². The summed E-state index contributed by atoms with van der Waals surface area (Å²) in [5.41, 5.74) is 2.41. The minimum atomic E-state index is -0.418. The fourth-order valence-electron chi connectivity index (χ4n) is 3.13. The van der Waals surface area contributed by atoms with E-state index >= 15 is 0 Å². The number of ether oxygens (including phenoxy) is 2. The van der Waals surface area contributed by atoms with Crippen molar-refractivity contribution in [2.45, 2.75) is 13.0 Å². The molecule has 0 fully saturated rings. The Hall–Kier alpha value is -2.44. The van der Waals surface area contributed by atoms with Gasteiger partial charge >= 0.3 is 0 Å². The molecule has 3 rings (SSSR count).